The van der Waals surface area contributed by atoms with Crippen LogP contribution in [-0.4, -0.2) is 12.6 Å². The zero-order chi connectivity index (χ0) is 11.8. The highest BCUT2D eigenvalue weighted by molar-refractivity contribution is 5.87. The van der Waals surface area contributed by atoms with E-state index in [1.807, 2.05) is 6.92 Å². The van der Waals surface area contributed by atoms with Gasteiger partial charge < -0.3 is 4.42 Å². The van der Waals surface area contributed by atoms with Gasteiger partial charge in [-0.25, -0.2) is 4.79 Å². The van der Waals surface area contributed by atoms with E-state index in [1.54, 1.807) is 6.07 Å². The minimum absolute atomic E-state index is 0.234. The molecule has 1 heterocycles. The number of rotatable bonds is 7. The summed E-state index contributed by atoms with van der Waals surface area (Å²) in [6.07, 6.45) is 5.28. The van der Waals surface area contributed by atoms with E-state index >= 15 is 0 Å². The summed E-state index contributed by atoms with van der Waals surface area (Å²) in [7, 11) is 0. The van der Waals surface area contributed by atoms with Crippen LogP contribution in [0.15, 0.2) is 16.7 Å². The van der Waals surface area contributed by atoms with Gasteiger partial charge in [0.25, 0.3) is 0 Å². The normalized spacial score (nSPS) is 10.4. The number of aryl methyl sites for hydroxylation is 1. The van der Waals surface area contributed by atoms with Crippen molar-refractivity contribution in [3.63, 3.8) is 0 Å². The first-order chi connectivity index (χ1) is 7.79. The first-order valence-electron chi connectivity index (χ1n) is 5.69. The molecule has 0 aliphatic carbocycles. The summed E-state index contributed by atoms with van der Waals surface area (Å²) < 4.78 is 5.04. The van der Waals surface area contributed by atoms with Crippen molar-refractivity contribution < 1.29 is 19.0 Å². The van der Waals surface area contributed by atoms with Crippen LogP contribution in [0.3, 0.4) is 0 Å². The maximum atomic E-state index is 11.5. The van der Waals surface area contributed by atoms with E-state index in [0.29, 0.717) is 6.61 Å². The van der Waals surface area contributed by atoms with Gasteiger partial charge in [-0.15, -0.1) is 0 Å². The van der Waals surface area contributed by atoms with Gasteiger partial charge in [0.2, 0.25) is 5.76 Å². The van der Waals surface area contributed by atoms with E-state index in [4.69, 9.17) is 9.30 Å². The molecule has 1 rings (SSSR count). The molecule has 0 aliphatic rings. The third kappa shape index (κ3) is 3.70. The molecule has 0 bridgehead atoms. The van der Waals surface area contributed by atoms with Crippen LogP contribution in [0.4, 0.5) is 0 Å². The van der Waals surface area contributed by atoms with Crippen LogP contribution in [-0.2, 0) is 16.2 Å². The zero-order valence-corrected chi connectivity index (χ0v) is 9.82. The highest BCUT2D eigenvalue weighted by atomic mass is 17.2. The van der Waals surface area contributed by atoms with Gasteiger partial charge in [0, 0.05) is 5.56 Å². The Balaban J connectivity index is 2.30. The van der Waals surface area contributed by atoms with Crippen LogP contribution in [0.1, 0.15) is 49.2 Å². The molecule has 0 unspecified atom stereocenters. The van der Waals surface area contributed by atoms with Crippen molar-refractivity contribution in [1.82, 2.24) is 0 Å². The molecule has 90 valence electrons. The van der Waals surface area contributed by atoms with Crippen LogP contribution in [0, 0.1) is 0 Å². The topological polar surface area (TPSA) is 48.7 Å². The van der Waals surface area contributed by atoms with Crippen molar-refractivity contribution in [3.05, 3.63) is 23.7 Å². The van der Waals surface area contributed by atoms with Crippen molar-refractivity contribution in [2.75, 3.05) is 6.61 Å². The molecule has 4 nitrogen and oxygen atoms in total. The van der Waals surface area contributed by atoms with Crippen LogP contribution in [0.2, 0.25) is 0 Å². The second kappa shape index (κ2) is 7.06. The molecule has 1 aromatic heterocycles. The molecular formula is C12H18O4. The second-order valence-corrected chi connectivity index (χ2v) is 3.53. The fourth-order valence-corrected chi connectivity index (χ4v) is 1.34. The second-order valence-electron chi connectivity index (χ2n) is 3.53. The zero-order valence-electron chi connectivity index (χ0n) is 9.82. The molecule has 1 aromatic rings. The van der Waals surface area contributed by atoms with E-state index in [1.165, 1.54) is 6.26 Å². The Morgan fingerprint density at radius 1 is 1.38 bits per heavy atom. The van der Waals surface area contributed by atoms with E-state index < -0.39 is 5.97 Å². The van der Waals surface area contributed by atoms with Crippen LogP contribution in [0.5, 0.6) is 0 Å². The molecular weight excluding hydrogens is 208 g/mol. The number of hydrogen-bond donors (Lipinski definition) is 0. The van der Waals surface area contributed by atoms with Gasteiger partial charge in [-0.2, -0.15) is 4.89 Å². The van der Waals surface area contributed by atoms with E-state index in [9.17, 15) is 4.79 Å². The van der Waals surface area contributed by atoms with Crippen molar-refractivity contribution in [3.8, 4) is 0 Å². The van der Waals surface area contributed by atoms with Crippen LogP contribution in [0.25, 0.3) is 0 Å². The maximum absolute atomic E-state index is 11.5. The Labute approximate surface area is 95.5 Å². The van der Waals surface area contributed by atoms with E-state index in [2.05, 4.69) is 11.8 Å². The molecule has 0 radical (unpaired) electrons. The van der Waals surface area contributed by atoms with Gasteiger partial charge >= 0.3 is 5.97 Å². The predicted molar refractivity (Wildman–Crippen MR) is 59.0 cm³/mol. The summed E-state index contributed by atoms with van der Waals surface area (Å²) in [5.41, 5.74) is 0.835. The quantitative estimate of drug-likeness (QED) is 0.407. The Morgan fingerprint density at radius 3 is 2.88 bits per heavy atom. The Kier molecular flexibility index (Phi) is 5.64. The molecule has 0 amide bonds. The van der Waals surface area contributed by atoms with Crippen LogP contribution < -0.4 is 0 Å². The summed E-state index contributed by atoms with van der Waals surface area (Å²) in [5.74, 6) is -0.323. The summed E-state index contributed by atoms with van der Waals surface area (Å²) in [4.78, 5) is 20.9. The summed E-state index contributed by atoms with van der Waals surface area (Å²) in [6.45, 7) is 4.48. The Morgan fingerprint density at radius 2 is 2.19 bits per heavy atom. The minimum Gasteiger partial charge on any atom is -0.457 e. The number of carbonyl (C=O) groups excluding carboxylic acids is 1. The van der Waals surface area contributed by atoms with Gasteiger partial charge in [-0.1, -0.05) is 26.7 Å². The summed E-state index contributed by atoms with van der Waals surface area (Å²) >= 11 is 0. The van der Waals surface area contributed by atoms with Crippen molar-refractivity contribution in [2.24, 2.45) is 0 Å². The van der Waals surface area contributed by atoms with Gasteiger partial charge in [-0.05, 0) is 18.9 Å². The Hall–Kier alpha value is -1.29. The molecule has 0 N–H and O–H groups in total. The molecule has 0 saturated heterocycles. The number of furan rings is 1. The third-order valence-electron chi connectivity index (χ3n) is 2.28. The fraction of sp³-hybridized carbons (Fsp3) is 0.583. The first-order valence-corrected chi connectivity index (χ1v) is 5.69. The summed E-state index contributed by atoms with van der Waals surface area (Å²) in [5, 5.41) is 0. The molecule has 0 atom stereocenters. The average Bonchev–Trinajstić information content (AvgIpc) is 2.76. The molecule has 16 heavy (non-hydrogen) atoms. The third-order valence-corrected chi connectivity index (χ3v) is 2.28. The first kappa shape index (κ1) is 12.8. The number of unbranched alkanes of at least 4 members (excludes halogenated alkanes) is 2. The van der Waals surface area contributed by atoms with E-state index in [-0.39, 0.29) is 5.76 Å². The molecule has 0 fully saturated rings. The number of carbonyl (C=O) groups is 1. The smallest absolute Gasteiger partial charge is 0.408 e. The maximum Gasteiger partial charge on any atom is 0.408 e. The van der Waals surface area contributed by atoms with Crippen molar-refractivity contribution in [2.45, 2.75) is 39.5 Å². The fourth-order valence-electron chi connectivity index (χ4n) is 1.34. The predicted octanol–water partition coefficient (Wildman–Crippen LogP) is 3.12. The van der Waals surface area contributed by atoms with Crippen LogP contribution >= 0.6 is 0 Å². The highest BCUT2D eigenvalue weighted by Gasteiger charge is 2.16. The van der Waals surface area contributed by atoms with Crippen molar-refractivity contribution >= 4 is 5.97 Å². The molecule has 0 aliphatic heterocycles. The summed E-state index contributed by atoms with van der Waals surface area (Å²) in [6, 6.07) is 1.76. The van der Waals surface area contributed by atoms with Gasteiger partial charge in [0.05, 0.1) is 12.9 Å². The van der Waals surface area contributed by atoms with E-state index in [0.717, 1.165) is 31.2 Å². The lowest BCUT2D eigenvalue weighted by molar-refractivity contribution is -0.242. The lowest BCUT2D eigenvalue weighted by atomic mass is 10.2. The number of hydrogen-bond acceptors (Lipinski definition) is 4. The largest absolute Gasteiger partial charge is 0.457 e. The lowest BCUT2D eigenvalue weighted by Gasteiger charge is -2.02. The highest BCUT2D eigenvalue weighted by Crippen LogP contribution is 2.12. The van der Waals surface area contributed by atoms with Gasteiger partial charge in [-0.3, -0.25) is 4.89 Å². The SMILES string of the molecule is CCCCCOOC(=O)c1occc1CC. The molecule has 0 aromatic carbocycles. The Bertz CT molecular complexity index is 317. The molecule has 4 heteroatoms. The van der Waals surface area contributed by atoms with Gasteiger partial charge in [0.1, 0.15) is 0 Å². The van der Waals surface area contributed by atoms with Crippen molar-refractivity contribution in [1.29, 1.82) is 0 Å². The molecule has 0 spiro atoms. The molecule has 0 saturated carbocycles. The van der Waals surface area contributed by atoms with Gasteiger partial charge in [0.15, 0.2) is 0 Å². The minimum atomic E-state index is -0.557. The lowest BCUT2D eigenvalue weighted by Crippen LogP contribution is -2.07. The standard InChI is InChI=1S/C12H18O4/c1-3-5-6-8-15-16-12(13)11-10(4-2)7-9-14-11/h7,9H,3-6,8H2,1-2H3. The average molecular weight is 226 g/mol. The monoisotopic (exact) mass is 226 g/mol.